The highest BCUT2D eigenvalue weighted by atomic mass is 35.5. The van der Waals surface area contributed by atoms with Crippen molar-refractivity contribution in [3.8, 4) is 11.5 Å². The molecule has 0 saturated carbocycles. The summed E-state index contributed by atoms with van der Waals surface area (Å²) in [7, 11) is 0. The van der Waals surface area contributed by atoms with E-state index in [2.05, 4.69) is 0 Å². The predicted octanol–water partition coefficient (Wildman–Crippen LogP) is 4.33. The minimum absolute atomic E-state index is 0.0380. The molecule has 32 heavy (non-hydrogen) atoms. The second-order valence-corrected chi connectivity index (χ2v) is 9.13. The van der Waals surface area contributed by atoms with E-state index in [1.165, 1.54) is 0 Å². The number of hydrogen-bond acceptors (Lipinski definition) is 4. The van der Waals surface area contributed by atoms with E-state index < -0.39 is 0 Å². The number of carbonyl (C=O) groups is 2. The van der Waals surface area contributed by atoms with Crippen molar-refractivity contribution in [2.75, 3.05) is 32.8 Å². The second kappa shape index (κ2) is 9.02. The van der Waals surface area contributed by atoms with Gasteiger partial charge in [0.05, 0.1) is 12.0 Å². The Balaban J connectivity index is 1.29. The zero-order valence-corrected chi connectivity index (χ0v) is 18.7. The SMILES string of the molecule is O=C(c1ccc(Cl)cc1)N1CCC[C@H](C(=O)N2CCC[C@H]2c2ccc3c(c2)OCCO3)C1. The number of carbonyl (C=O) groups excluding carboxylic acids is 2. The molecule has 2 saturated heterocycles. The molecule has 7 heteroatoms. The maximum Gasteiger partial charge on any atom is 0.253 e. The zero-order chi connectivity index (χ0) is 22.1. The van der Waals surface area contributed by atoms with E-state index in [0.29, 0.717) is 36.9 Å². The Morgan fingerprint density at radius 1 is 0.906 bits per heavy atom. The van der Waals surface area contributed by atoms with E-state index in [0.717, 1.165) is 49.3 Å². The van der Waals surface area contributed by atoms with Gasteiger partial charge in [0.15, 0.2) is 11.5 Å². The van der Waals surface area contributed by atoms with Gasteiger partial charge in [-0.2, -0.15) is 0 Å². The summed E-state index contributed by atoms with van der Waals surface area (Å²) in [5.41, 5.74) is 1.70. The number of hydrogen-bond donors (Lipinski definition) is 0. The van der Waals surface area contributed by atoms with Crippen LogP contribution in [0.5, 0.6) is 11.5 Å². The number of halogens is 1. The van der Waals surface area contributed by atoms with E-state index in [9.17, 15) is 9.59 Å². The Morgan fingerprint density at radius 3 is 2.47 bits per heavy atom. The van der Waals surface area contributed by atoms with Crippen molar-refractivity contribution >= 4 is 23.4 Å². The van der Waals surface area contributed by atoms with E-state index >= 15 is 0 Å². The van der Waals surface area contributed by atoms with Crippen molar-refractivity contribution in [1.82, 2.24) is 9.80 Å². The van der Waals surface area contributed by atoms with Crippen LogP contribution >= 0.6 is 11.6 Å². The van der Waals surface area contributed by atoms with Crippen LogP contribution < -0.4 is 9.47 Å². The highest BCUT2D eigenvalue weighted by molar-refractivity contribution is 6.30. The highest BCUT2D eigenvalue weighted by Gasteiger charge is 2.37. The molecule has 0 N–H and O–H groups in total. The van der Waals surface area contributed by atoms with E-state index in [4.69, 9.17) is 21.1 Å². The number of piperidine rings is 1. The van der Waals surface area contributed by atoms with Crippen LogP contribution in [0.4, 0.5) is 0 Å². The molecule has 2 fully saturated rings. The number of likely N-dealkylation sites (tertiary alicyclic amines) is 2. The molecule has 3 aliphatic rings. The third-order valence-corrected chi connectivity index (χ3v) is 6.89. The molecule has 3 heterocycles. The molecule has 0 spiro atoms. The summed E-state index contributed by atoms with van der Waals surface area (Å²) in [5, 5.41) is 0.604. The molecule has 0 aromatic heterocycles. The number of nitrogens with zero attached hydrogens (tertiary/aromatic N) is 2. The van der Waals surface area contributed by atoms with Gasteiger partial charge in [0.1, 0.15) is 13.2 Å². The Labute approximate surface area is 193 Å². The average Bonchev–Trinajstić information content (AvgIpc) is 3.33. The van der Waals surface area contributed by atoms with Gasteiger partial charge in [-0.3, -0.25) is 9.59 Å². The topological polar surface area (TPSA) is 59.1 Å². The van der Waals surface area contributed by atoms with Crippen molar-refractivity contribution < 1.29 is 19.1 Å². The van der Waals surface area contributed by atoms with Gasteiger partial charge < -0.3 is 19.3 Å². The summed E-state index contributed by atoms with van der Waals surface area (Å²) in [4.78, 5) is 30.3. The lowest BCUT2D eigenvalue weighted by Gasteiger charge is -2.36. The summed E-state index contributed by atoms with van der Waals surface area (Å²) < 4.78 is 11.4. The van der Waals surface area contributed by atoms with Gasteiger partial charge >= 0.3 is 0 Å². The van der Waals surface area contributed by atoms with Crippen LogP contribution in [0.1, 0.15) is 47.6 Å². The number of amides is 2. The van der Waals surface area contributed by atoms with Crippen LogP contribution in [-0.2, 0) is 4.79 Å². The van der Waals surface area contributed by atoms with Crippen LogP contribution in [0.15, 0.2) is 42.5 Å². The molecule has 6 nitrogen and oxygen atoms in total. The first-order valence-corrected chi connectivity index (χ1v) is 11.7. The summed E-state index contributed by atoms with van der Waals surface area (Å²) in [6.07, 6.45) is 3.56. The Hall–Kier alpha value is -2.73. The molecule has 0 unspecified atom stereocenters. The fourth-order valence-electron chi connectivity index (χ4n) is 5.02. The Morgan fingerprint density at radius 2 is 1.66 bits per heavy atom. The molecule has 2 amide bonds. The maximum absolute atomic E-state index is 13.5. The molecular formula is C25H27ClN2O4. The van der Waals surface area contributed by atoms with Gasteiger partial charge in [0, 0.05) is 30.2 Å². The number of ether oxygens (including phenoxy) is 2. The normalized spacial score (nSPS) is 22.7. The molecule has 2 atom stereocenters. The third kappa shape index (κ3) is 4.16. The smallest absolute Gasteiger partial charge is 0.253 e. The second-order valence-electron chi connectivity index (χ2n) is 8.69. The molecule has 3 aliphatic heterocycles. The van der Waals surface area contributed by atoms with E-state index in [1.54, 1.807) is 24.3 Å². The van der Waals surface area contributed by atoms with Crippen molar-refractivity contribution in [3.63, 3.8) is 0 Å². The molecule has 0 bridgehead atoms. The van der Waals surface area contributed by atoms with Gasteiger partial charge in [0.2, 0.25) is 5.91 Å². The fourth-order valence-corrected chi connectivity index (χ4v) is 5.14. The summed E-state index contributed by atoms with van der Waals surface area (Å²) in [6.45, 7) is 3.00. The zero-order valence-electron chi connectivity index (χ0n) is 18.0. The standard InChI is InChI=1S/C25H27ClN2O4/c26-20-8-5-17(6-9-20)24(29)27-11-1-3-19(16-27)25(30)28-12-2-4-21(28)18-7-10-22-23(15-18)32-14-13-31-22/h5-10,15,19,21H,1-4,11-14,16H2/t19-,21-/m0/s1. The largest absolute Gasteiger partial charge is 0.486 e. The Kier molecular flexibility index (Phi) is 5.96. The van der Waals surface area contributed by atoms with Crippen molar-refractivity contribution in [2.45, 2.75) is 31.7 Å². The fraction of sp³-hybridized carbons (Fsp3) is 0.440. The maximum atomic E-state index is 13.5. The van der Waals surface area contributed by atoms with Crippen LogP contribution in [0.25, 0.3) is 0 Å². The van der Waals surface area contributed by atoms with Gasteiger partial charge in [-0.25, -0.2) is 0 Å². The highest BCUT2D eigenvalue weighted by Crippen LogP contribution is 2.39. The average molecular weight is 455 g/mol. The first-order chi connectivity index (χ1) is 15.6. The van der Waals surface area contributed by atoms with Gasteiger partial charge in [-0.1, -0.05) is 17.7 Å². The van der Waals surface area contributed by atoms with E-state index in [-0.39, 0.29) is 23.8 Å². The van der Waals surface area contributed by atoms with Crippen LogP contribution in [-0.4, -0.2) is 54.5 Å². The Bertz CT molecular complexity index is 1010. The number of benzene rings is 2. The van der Waals surface area contributed by atoms with Gasteiger partial charge in [-0.05, 0) is 67.6 Å². The summed E-state index contributed by atoms with van der Waals surface area (Å²) >= 11 is 5.95. The predicted molar refractivity (Wildman–Crippen MR) is 121 cm³/mol. The molecule has 0 aliphatic carbocycles. The lowest BCUT2D eigenvalue weighted by Crippen LogP contribution is -2.46. The minimum Gasteiger partial charge on any atom is -0.486 e. The van der Waals surface area contributed by atoms with Crippen molar-refractivity contribution in [1.29, 1.82) is 0 Å². The number of fused-ring (bicyclic) bond motifs is 1. The monoisotopic (exact) mass is 454 g/mol. The molecule has 168 valence electrons. The first-order valence-electron chi connectivity index (χ1n) is 11.3. The van der Waals surface area contributed by atoms with Crippen LogP contribution in [0.2, 0.25) is 5.02 Å². The quantitative estimate of drug-likeness (QED) is 0.692. The molecular weight excluding hydrogens is 428 g/mol. The number of rotatable bonds is 3. The van der Waals surface area contributed by atoms with E-state index in [1.807, 2.05) is 28.0 Å². The van der Waals surface area contributed by atoms with Gasteiger partial charge in [-0.15, -0.1) is 0 Å². The summed E-state index contributed by atoms with van der Waals surface area (Å²) in [5.74, 6) is 1.46. The van der Waals surface area contributed by atoms with Crippen molar-refractivity contribution in [3.05, 3.63) is 58.6 Å². The lowest BCUT2D eigenvalue weighted by molar-refractivity contribution is -0.138. The first kappa shape index (κ1) is 21.1. The lowest BCUT2D eigenvalue weighted by atomic mass is 9.94. The molecule has 2 aromatic rings. The molecule has 0 radical (unpaired) electrons. The van der Waals surface area contributed by atoms with Gasteiger partial charge in [0.25, 0.3) is 5.91 Å². The van der Waals surface area contributed by atoms with Crippen molar-refractivity contribution in [2.24, 2.45) is 5.92 Å². The molecule has 5 rings (SSSR count). The third-order valence-electron chi connectivity index (χ3n) is 6.64. The minimum atomic E-state index is -0.169. The molecule has 2 aromatic carbocycles. The summed E-state index contributed by atoms with van der Waals surface area (Å²) in [6, 6.07) is 13.0. The van der Waals surface area contributed by atoms with Crippen LogP contribution in [0, 0.1) is 5.92 Å². The van der Waals surface area contributed by atoms with Crippen LogP contribution in [0.3, 0.4) is 0 Å².